The van der Waals surface area contributed by atoms with E-state index in [1.54, 1.807) is 43.3 Å². The number of halogens is 1. The standard InChI is InChI=1S/C20H15BrO3/c1-13(19(22)15-8-10-18(21)11-9-15)24-20(23)17-7-6-14-4-2-3-5-16(14)12-17/h2-13H,1H3/t13-/m0/s1. The lowest BCUT2D eigenvalue weighted by atomic mass is 10.1. The minimum atomic E-state index is -0.842. The topological polar surface area (TPSA) is 43.4 Å². The van der Waals surface area contributed by atoms with Crippen LogP contribution in [-0.4, -0.2) is 17.9 Å². The van der Waals surface area contributed by atoms with Crippen molar-refractivity contribution in [1.82, 2.24) is 0 Å². The number of fused-ring (bicyclic) bond motifs is 1. The zero-order valence-electron chi connectivity index (χ0n) is 13.0. The zero-order valence-corrected chi connectivity index (χ0v) is 14.6. The molecule has 0 heterocycles. The number of rotatable bonds is 4. The maximum atomic E-state index is 12.3. The molecule has 0 spiro atoms. The van der Waals surface area contributed by atoms with Crippen molar-refractivity contribution in [2.75, 3.05) is 0 Å². The van der Waals surface area contributed by atoms with Gasteiger partial charge in [0, 0.05) is 10.0 Å². The average molecular weight is 383 g/mol. The van der Waals surface area contributed by atoms with E-state index in [0.717, 1.165) is 15.2 Å². The van der Waals surface area contributed by atoms with E-state index in [4.69, 9.17) is 4.74 Å². The van der Waals surface area contributed by atoms with Crippen LogP contribution in [0.5, 0.6) is 0 Å². The summed E-state index contributed by atoms with van der Waals surface area (Å²) >= 11 is 3.33. The van der Waals surface area contributed by atoms with Gasteiger partial charge in [-0.05, 0) is 42.0 Å². The van der Waals surface area contributed by atoms with Crippen LogP contribution in [0.3, 0.4) is 0 Å². The first-order valence-electron chi connectivity index (χ1n) is 7.54. The molecule has 0 aliphatic carbocycles. The predicted molar refractivity (Wildman–Crippen MR) is 97.3 cm³/mol. The molecule has 0 N–H and O–H groups in total. The third kappa shape index (κ3) is 3.54. The van der Waals surface area contributed by atoms with Crippen molar-refractivity contribution >= 4 is 38.5 Å². The molecule has 3 aromatic carbocycles. The van der Waals surface area contributed by atoms with Crippen molar-refractivity contribution in [3.05, 3.63) is 82.3 Å². The number of ketones is 1. The molecule has 0 saturated heterocycles. The van der Waals surface area contributed by atoms with Gasteiger partial charge in [-0.25, -0.2) is 4.79 Å². The van der Waals surface area contributed by atoms with Crippen LogP contribution in [0.15, 0.2) is 71.2 Å². The van der Waals surface area contributed by atoms with Gasteiger partial charge in [0.15, 0.2) is 6.10 Å². The Morgan fingerprint density at radius 2 is 1.50 bits per heavy atom. The Morgan fingerprint density at radius 3 is 2.21 bits per heavy atom. The molecule has 0 aromatic heterocycles. The lowest BCUT2D eigenvalue weighted by molar-refractivity contribution is 0.0319. The summed E-state index contributed by atoms with van der Waals surface area (Å²) in [5, 5.41) is 2.01. The number of carbonyl (C=O) groups excluding carboxylic acids is 2. The molecular weight excluding hydrogens is 368 g/mol. The summed E-state index contributed by atoms with van der Waals surface area (Å²) in [6, 6.07) is 20.1. The second-order valence-corrected chi connectivity index (χ2v) is 6.40. The molecular formula is C20H15BrO3. The molecule has 24 heavy (non-hydrogen) atoms. The van der Waals surface area contributed by atoms with Gasteiger partial charge in [0.2, 0.25) is 5.78 Å². The smallest absolute Gasteiger partial charge is 0.338 e. The van der Waals surface area contributed by atoms with Crippen LogP contribution in [0.25, 0.3) is 10.8 Å². The summed E-state index contributed by atoms with van der Waals surface area (Å²) in [5.74, 6) is -0.727. The summed E-state index contributed by atoms with van der Waals surface area (Å²) < 4.78 is 6.22. The molecule has 0 bridgehead atoms. The lowest BCUT2D eigenvalue weighted by Crippen LogP contribution is -2.24. The summed E-state index contributed by atoms with van der Waals surface area (Å²) in [6.45, 7) is 1.59. The molecule has 120 valence electrons. The molecule has 0 radical (unpaired) electrons. The molecule has 0 aliphatic heterocycles. The van der Waals surface area contributed by atoms with Crippen molar-refractivity contribution in [1.29, 1.82) is 0 Å². The average Bonchev–Trinajstić information content (AvgIpc) is 2.61. The highest BCUT2D eigenvalue weighted by Crippen LogP contribution is 2.18. The molecule has 1 atom stereocenters. The predicted octanol–water partition coefficient (Wildman–Crippen LogP) is 5.03. The highest BCUT2D eigenvalue weighted by Gasteiger charge is 2.20. The largest absolute Gasteiger partial charge is 0.451 e. The Balaban J connectivity index is 1.75. The molecule has 3 rings (SSSR count). The Morgan fingerprint density at radius 1 is 0.875 bits per heavy atom. The van der Waals surface area contributed by atoms with E-state index in [-0.39, 0.29) is 5.78 Å². The quantitative estimate of drug-likeness (QED) is 0.469. The fourth-order valence-corrected chi connectivity index (χ4v) is 2.71. The van der Waals surface area contributed by atoms with Gasteiger partial charge in [-0.15, -0.1) is 0 Å². The van der Waals surface area contributed by atoms with E-state index in [2.05, 4.69) is 15.9 Å². The molecule has 0 amide bonds. The van der Waals surface area contributed by atoms with E-state index >= 15 is 0 Å². The van der Waals surface area contributed by atoms with E-state index < -0.39 is 12.1 Å². The normalized spacial score (nSPS) is 11.9. The number of ether oxygens (including phenoxy) is 1. The van der Waals surface area contributed by atoms with E-state index in [0.29, 0.717) is 11.1 Å². The summed E-state index contributed by atoms with van der Waals surface area (Å²) in [4.78, 5) is 24.6. The summed E-state index contributed by atoms with van der Waals surface area (Å²) in [7, 11) is 0. The first-order valence-corrected chi connectivity index (χ1v) is 8.33. The Bertz CT molecular complexity index is 900. The van der Waals surface area contributed by atoms with Gasteiger partial charge in [0.25, 0.3) is 0 Å². The van der Waals surface area contributed by atoms with Crippen molar-refractivity contribution in [2.45, 2.75) is 13.0 Å². The van der Waals surface area contributed by atoms with E-state index in [1.165, 1.54) is 0 Å². The second kappa shape index (κ2) is 6.97. The first-order chi connectivity index (χ1) is 11.5. The summed E-state index contributed by atoms with van der Waals surface area (Å²) in [5.41, 5.74) is 0.946. The first kappa shape index (κ1) is 16.4. The number of hydrogen-bond acceptors (Lipinski definition) is 3. The van der Waals surface area contributed by atoms with Gasteiger partial charge in [0.05, 0.1) is 5.56 Å². The van der Waals surface area contributed by atoms with Gasteiger partial charge >= 0.3 is 5.97 Å². The highest BCUT2D eigenvalue weighted by molar-refractivity contribution is 9.10. The van der Waals surface area contributed by atoms with E-state index in [1.807, 2.05) is 30.3 Å². The molecule has 4 heteroatoms. The SMILES string of the molecule is C[C@H](OC(=O)c1ccc2ccccc2c1)C(=O)c1ccc(Br)cc1. The third-order valence-corrected chi connectivity index (χ3v) is 4.30. The zero-order chi connectivity index (χ0) is 17.1. The molecule has 3 aromatic rings. The van der Waals surface area contributed by atoms with Crippen molar-refractivity contribution < 1.29 is 14.3 Å². The fraction of sp³-hybridized carbons (Fsp3) is 0.100. The molecule has 0 unspecified atom stereocenters. The van der Waals surface area contributed by atoms with Crippen molar-refractivity contribution in [3.63, 3.8) is 0 Å². The van der Waals surface area contributed by atoms with Gasteiger partial charge < -0.3 is 4.74 Å². The monoisotopic (exact) mass is 382 g/mol. The second-order valence-electron chi connectivity index (χ2n) is 5.48. The minimum Gasteiger partial charge on any atom is -0.451 e. The number of esters is 1. The summed E-state index contributed by atoms with van der Waals surface area (Å²) in [6.07, 6.45) is -0.842. The Labute approximate surface area is 148 Å². The van der Waals surface area contributed by atoms with Crippen molar-refractivity contribution in [3.8, 4) is 0 Å². The van der Waals surface area contributed by atoms with Gasteiger partial charge in [-0.3, -0.25) is 4.79 Å². The Kier molecular flexibility index (Phi) is 4.76. The van der Waals surface area contributed by atoms with Crippen LogP contribution in [0.2, 0.25) is 0 Å². The van der Waals surface area contributed by atoms with Crippen LogP contribution >= 0.6 is 15.9 Å². The number of benzene rings is 3. The van der Waals surface area contributed by atoms with Crippen LogP contribution in [0.4, 0.5) is 0 Å². The maximum Gasteiger partial charge on any atom is 0.338 e. The maximum absolute atomic E-state index is 12.3. The molecule has 0 fully saturated rings. The molecule has 0 aliphatic rings. The number of carbonyl (C=O) groups is 2. The number of hydrogen-bond donors (Lipinski definition) is 0. The van der Waals surface area contributed by atoms with Crippen LogP contribution in [0.1, 0.15) is 27.6 Å². The lowest BCUT2D eigenvalue weighted by Gasteiger charge is -2.13. The van der Waals surface area contributed by atoms with Crippen LogP contribution in [0, 0.1) is 0 Å². The third-order valence-electron chi connectivity index (χ3n) is 3.77. The minimum absolute atomic E-state index is 0.225. The van der Waals surface area contributed by atoms with Crippen LogP contribution < -0.4 is 0 Å². The van der Waals surface area contributed by atoms with Gasteiger partial charge in [0.1, 0.15) is 0 Å². The van der Waals surface area contributed by atoms with Gasteiger partial charge in [-0.2, -0.15) is 0 Å². The number of Topliss-reactive ketones (excluding diaryl/α,β-unsaturated/α-hetero) is 1. The highest BCUT2D eigenvalue weighted by atomic mass is 79.9. The fourth-order valence-electron chi connectivity index (χ4n) is 2.45. The molecule has 3 nitrogen and oxygen atoms in total. The van der Waals surface area contributed by atoms with Crippen molar-refractivity contribution in [2.24, 2.45) is 0 Å². The molecule has 0 saturated carbocycles. The Hall–Kier alpha value is -2.46. The van der Waals surface area contributed by atoms with Crippen LogP contribution in [-0.2, 0) is 4.74 Å². The van der Waals surface area contributed by atoms with E-state index in [9.17, 15) is 9.59 Å². The van der Waals surface area contributed by atoms with Gasteiger partial charge in [-0.1, -0.05) is 58.4 Å².